The van der Waals surface area contributed by atoms with Crippen LogP contribution in [0.4, 0.5) is 5.69 Å². The SMILES string of the molecule is COc1cc(-c2csc(-c3ccc(N)cc3)c2)cc(OC)c1OC. The van der Waals surface area contributed by atoms with E-state index in [1.807, 2.05) is 36.4 Å². The Kier molecular flexibility index (Phi) is 4.62. The summed E-state index contributed by atoms with van der Waals surface area (Å²) >= 11 is 1.69. The third kappa shape index (κ3) is 3.03. The van der Waals surface area contributed by atoms with Crippen molar-refractivity contribution in [1.29, 1.82) is 0 Å². The lowest BCUT2D eigenvalue weighted by Crippen LogP contribution is -1.95. The maximum absolute atomic E-state index is 5.76. The topological polar surface area (TPSA) is 53.7 Å². The van der Waals surface area contributed by atoms with Crippen molar-refractivity contribution in [2.24, 2.45) is 0 Å². The van der Waals surface area contributed by atoms with Crippen LogP contribution < -0.4 is 19.9 Å². The van der Waals surface area contributed by atoms with Crippen molar-refractivity contribution in [2.75, 3.05) is 27.1 Å². The predicted octanol–water partition coefficient (Wildman–Crippen LogP) is 4.69. The average Bonchev–Trinajstić information content (AvgIpc) is 3.11. The highest BCUT2D eigenvalue weighted by Crippen LogP contribution is 2.42. The van der Waals surface area contributed by atoms with Gasteiger partial charge in [-0.05, 0) is 52.4 Å². The van der Waals surface area contributed by atoms with E-state index in [4.69, 9.17) is 19.9 Å². The van der Waals surface area contributed by atoms with Gasteiger partial charge >= 0.3 is 0 Å². The van der Waals surface area contributed by atoms with Gasteiger partial charge in [-0.1, -0.05) is 12.1 Å². The molecule has 24 heavy (non-hydrogen) atoms. The normalized spacial score (nSPS) is 10.5. The molecule has 0 aliphatic heterocycles. The molecule has 0 atom stereocenters. The van der Waals surface area contributed by atoms with Crippen LogP contribution in [-0.2, 0) is 0 Å². The molecule has 2 N–H and O–H groups in total. The summed E-state index contributed by atoms with van der Waals surface area (Å²) in [5.41, 5.74) is 9.79. The zero-order valence-corrected chi connectivity index (χ0v) is 14.6. The summed E-state index contributed by atoms with van der Waals surface area (Å²) in [5, 5.41) is 2.12. The average molecular weight is 341 g/mol. The van der Waals surface area contributed by atoms with Gasteiger partial charge in [0.15, 0.2) is 11.5 Å². The fraction of sp³-hybridized carbons (Fsp3) is 0.158. The third-order valence-corrected chi connectivity index (χ3v) is 4.77. The summed E-state index contributed by atoms with van der Waals surface area (Å²) in [4.78, 5) is 1.18. The van der Waals surface area contributed by atoms with E-state index >= 15 is 0 Å². The summed E-state index contributed by atoms with van der Waals surface area (Å²) in [7, 11) is 4.84. The van der Waals surface area contributed by atoms with Gasteiger partial charge in [0, 0.05) is 10.6 Å². The van der Waals surface area contributed by atoms with E-state index in [0.717, 1.165) is 22.4 Å². The number of nitrogens with two attached hydrogens (primary N) is 1. The molecule has 4 nitrogen and oxygen atoms in total. The van der Waals surface area contributed by atoms with Crippen LogP contribution in [0.5, 0.6) is 17.2 Å². The highest BCUT2D eigenvalue weighted by molar-refractivity contribution is 7.14. The van der Waals surface area contributed by atoms with Crippen molar-refractivity contribution in [3.05, 3.63) is 47.8 Å². The number of hydrogen-bond donors (Lipinski definition) is 1. The molecular formula is C19H19NO3S. The van der Waals surface area contributed by atoms with Gasteiger partial charge < -0.3 is 19.9 Å². The summed E-state index contributed by atoms with van der Waals surface area (Å²) in [6, 6.07) is 13.9. The number of benzene rings is 2. The van der Waals surface area contributed by atoms with Crippen LogP contribution in [-0.4, -0.2) is 21.3 Å². The van der Waals surface area contributed by atoms with E-state index < -0.39 is 0 Å². The van der Waals surface area contributed by atoms with E-state index in [1.165, 1.54) is 4.88 Å². The lowest BCUT2D eigenvalue weighted by atomic mass is 10.1. The van der Waals surface area contributed by atoms with E-state index in [0.29, 0.717) is 17.2 Å². The number of hydrogen-bond acceptors (Lipinski definition) is 5. The first kappa shape index (κ1) is 16.2. The molecule has 2 aromatic carbocycles. The van der Waals surface area contributed by atoms with Crippen LogP contribution in [0.25, 0.3) is 21.6 Å². The molecule has 0 aliphatic carbocycles. The lowest BCUT2D eigenvalue weighted by molar-refractivity contribution is 0.324. The maximum Gasteiger partial charge on any atom is 0.203 e. The second kappa shape index (κ2) is 6.84. The molecule has 0 aliphatic rings. The number of nitrogen functional groups attached to an aromatic ring is 1. The Balaban J connectivity index is 2.02. The Morgan fingerprint density at radius 2 is 1.38 bits per heavy atom. The minimum atomic E-state index is 0.595. The summed E-state index contributed by atoms with van der Waals surface area (Å²) in [6.07, 6.45) is 0. The zero-order valence-electron chi connectivity index (χ0n) is 13.8. The van der Waals surface area contributed by atoms with Crippen molar-refractivity contribution >= 4 is 17.0 Å². The highest BCUT2D eigenvalue weighted by atomic mass is 32.1. The lowest BCUT2D eigenvalue weighted by Gasteiger charge is -2.13. The first-order chi connectivity index (χ1) is 11.7. The first-order valence-electron chi connectivity index (χ1n) is 7.41. The second-order valence-corrected chi connectivity index (χ2v) is 6.15. The Morgan fingerprint density at radius 3 is 1.92 bits per heavy atom. The Labute approximate surface area is 145 Å². The Morgan fingerprint density at radius 1 is 0.750 bits per heavy atom. The molecule has 5 heteroatoms. The van der Waals surface area contributed by atoms with Crippen LogP contribution in [0.1, 0.15) is 0 Å². The molecule has 1 aromatic heterocycles. The molecule has 0 radical (unpaired) electrons. The van der Waals surface area contributed by atoms with Crippen molar-refractivity contribution in [3.63, 3.8) is 0 Å². The fourth-order valence-electron chi connectivity index (χ4n) is 2.53. The number of ether oxygens (including phenoxy) is 3. The van der Waals surface area contributed by atoms with E-state index in [9.17, 15) is 0 Å². The van der Waals surface area contributed by atoms with Gasteiger partial charge in [0.05, 0.1) is 21.3 Å². The molecule has 0 spiro atoms. The fourth-order valence-corrected chi connectivity index (χ4v) is 3.46. The molecule has 0 saturated carbocycles. The smallest absolute Gasteiger partial charge is 0.203 e. The second-order valence-electron chi connectivity index (χ2n) is 5.24. The minimum Gasteiger partial charge on any atom is -0.493 e. The van der Waals surface area contributed by atoms with Crippen molar-refractivity contribution in [1.82, 2.24) is 0 Å². The molecule has 0 unspecified atom stereocenters. The van der Waals surface area contributed by atoms with Gasteiger partial charge in [-0.25, -0.2) is 0 Å². The molecule has 124 valence electrons. The van der Waals surface area contributed by atoms with Crippen LogP contribution in [0, 0.1) is 0 Å². The molecule has 3 rings (SSSR count). The van der Waals surface area contributed by atoms with Crippen molar-refractivity contribution in [2.45, 2.75) is 0 Å². The zero-order chi connectivity index (χ0) is 17.1. The minimum absolute atomic E-state index is 0.595. The van der Waals surface area contributed by atoms with Gasteiger partial charge in [-0.3, -0.25) is 0 Å². The summed E-state index contributed by atoms with van der Waals surface area (Å²) < 4.78 is 16.2. The number of methoxy groups -OCH3 is 3. The maximum atomic E-state index is 5.76. The van der Waals surface area contributed by atoms with E-state index in [1.54, 1.807) is 32.7 Å². The van der Waals surface area contributed by atoms with Gasteiger partial charge in [0.1, 0.15) is 0 Å². The monoisotopic (exact) mass is 341 g/mol. The van der Waals surface area contributed by atoms with Gasteiger partial charge in [0.2, 0.25) is 5.75 Å². The quantitative estimate of drug-likeness (QED) is 0.684. The molecule has 3 aromatic rings. The Hall–Kier alpha value is -2.66. The first-order valence-corrected chi connectivity index (χ1v) is 8.29. The molecule has 0 fully saturated rings. The van der Waals surface area contributed by atoms with Crippen molar-refractivity contribution in [3.8, 4) is 38.8 Å². The summed E-state index contributed by atoms with van der Waals surface area (Å²) in [5.74, 6) is 1.89. The van der Waals surface area contributed by atoms with Gasteiger partial charge in [-0.15, -0.1) is 11.3 Å². The number of rotatable bonds is 5. The van der Waals surface area contributed by atoms with Gasteiger partial charge in [-0.2, -0.15) is 0 Å². The van der Waals surface area contributed by atoms with Gasteiger partial charge in [0.25, 0.3) is 0 Å². The van der Waals surface area contributed by atoms with Crippen LogP contribution >= 0.6 is 11.3 Å². The van der Waals surface area contributed by atoms with E-state index in [2.05, 4.69) is 11.4 Å². The largest absolute Gasteiger partial charge is 0.493 e. The number of thiophene rings is 1. The van der Waals surface area contributed by atoms with Crippen molar-refractivity contribution < 1.29 is 14.2 Å². The molecule has 0 bridgehead atoms. The van der Waals surface area contributed by atoms with E-state index in [-0.39, 0.29) is 0 Å². The third-order valence-electron chi connectivity index (χ3n) is 3.79. The number of anilines is 1. The summed E-state index contributed by atoms with van der Waals surface area (Å²) in [6.45, 7) is 0. The molecule has 1 heterocycles. The Bertz CT molecular complexity index is 815. The predicted molar refractivity (Wildman–Crippen MR) is 99.3 cm³/mol. The molecule has 0 amide bonds. The van der Waals surface area contributed by atoms with Crippen LogP contribution in [0.2, 0.25) is 0 Å². The standard InChI is InChI=1S/C19H19NO3S/c1-21-16-8-13(9-17(22-2)19(16)23-3)14-10-18(24-11-14)12-4-6-15(20)7-5-12/h4-11H,20H2,1-3H3. The van der Waals surface area contributed by atoms with Crippen LogP contribution in [0.15, 0.2) is 47.8 Å². The van der Waals surface area contributed by atoms with Crippen LogP contribution in [0.3, 0.4) is 0 Å². The highest BCUT2D eigenvalue weighted by Gasteiger charge is 2.15. The molecular weight excluding hydrogens is 322 g/mol. The molecule has 0 saturated heterocycles.